The van der Waals surface area contributed by atoms with Crippen molar-refractivity contribution < 1.29 is 4.79 Å². The standard InChI is InChI=1S/C12H21N3O3/c1-3-4-5-6-7-10(16)8-9-15-12(18)14(2)11(17)13-15/h3-9H2,1-2H3,(H,13,17). The van der Waals surface area contributed by atoms with Crippen LogP contribution in [0.15, 0.2) is 9.59 Å². The summed E-state index contributed by atoms with van der Waals surface area (Å²) in [7, 11) is 1.41. The molecule has 0 aliphatic heterocycles. The van der Waals surface area contributed by atoms with Crippen LogP contribution < -0.4 is 11.4 Å². The molecular weight excluding hydrogens is 234 g/mol. The van der Waals surface area contributed by atoms with E-state index < -0.39 is 11.4 Å². The molecule has 0 radical (unpaired) electrons. The molecule has 6 heteroatoms. The molecule has 1 aromatic heterocycles. The number of nitrogens with zero attached hydrogens (tertiary/aromatic N) is 2. The number of hydrogen-bond acceptors (Lipinski definition) is 3. The van der Waals surface area contributed by atoms with Gasteiger partial charge in [-0.1, -0.05) is 26.2 Å². The van der Waals surface area contributed by atoms with Crippen LogP contribution in [0.25, 0.3) is 0 Å². The quantitative estimate of drug-likeness (QED) is 0.698. The third kappa shape index (κ3) is 4.01. The molecule has 1 heterocycles. The van der Waals surface area contributed by atoms with E-state index in [1.807, 2.05) is 0 Å². The average Bonchev–Trinajstić information content (AvgIpc) is 2.60. The van der Waals surface area contributed by atoms with Gasteiger partial charge in [0.25, 0.3) is 0 Å². The molecule has 0 bridgehead atoms. The van der Waals surface area contributed by atoms with Crippen LogP contribution in [-0.4, -0.2) is 20.1 Å². The number of H-pyrrole nitrogens is 1. The van der Waals surface area contributed by atoms with Gasteiger partial charge in [0.1, 0.15) is 5.78 Å². The Kier molecular flexibility index (Phi) is 5.61. The predicted octanol–water partition coefficient (Wildman–Crippen LogP) is 0.805. The molecule has 0 atom stereocenters. The summed E-state index contributed by atoms with van der Waals surface area (Å²) < 4.78 is 2.18. The molecule has 0 amide bonds. The zero-order valence-electron chi connectivity index (χ0n) is 11.1. The van der Waals surface area contributed by atoms with E-state index in [1.165, 1.54) is 11.7 Å². The SMILES string of the molecule is CCCCCCC(=O)CCn1[nH]c(=O)n(C)c1=O. The number of hydrogen-bond donors (Lipinski definition) is 1. The van der Waals surface area contributed by atoms with Crippen molar-refractivity contribution >= 4 is 5.78 Å². The van der Waals surface area contributed by atoms with Gasteiger partial charge in [-0.3, -0.25) is 4.79 Å². The Morgan fingerprint density at radius 1 is 1.17 bits per heavy atom. The molecule has 0 spiro atoms. The number of aryl methyl sites for hydroxylation is 1. The summed E-state index contributed by atoms with van der Waals surface area (Å²) >= 11 is 0. The van der Waals surface area contributed by atoms with Crippen LogP contribution in [0.1, 0.15) is 45.4 Å². The molecule has 0 aliphatic carbocycles. The first-order chi connectivity index (χ1) is 8.56. The first kappa shape index (κ1) is 14.5. The van der Waals surface area contributed by atoms with Gasteiger partial charge in [-0.15, -0.1) is 0 Å². The van der Waals surface area contributed by atoms with E-state index in [2.05, 4.69) is 12.0 Å². The second-order valence-corrected chi connectivity index (χ2v) is 4.51. The molecule has 1 N–H and O–H groups in total. The zero-order valence-corrected chi connectivity index (χ0v) is 11.1. The molecule has 0 fully saturated rings. The van der Waals surface area contributed by atoms with Crippen molar-refractivity contribution in [3.63, 3.8) is 0 Å². The first-order valence-corrected chi connectivity index (χ1v) is 6.43. The monoisotopic (exact) mass is 255 g/mol. The summed E-state index contributed by atoms with van der Waals surface area (Å²) in [6.07, 6.45) is 5.14. The number of nitrogens with one attached hydrogen (secondary N) is 1. The molecule has 102 valence electrons. The lowest BCUT2D eigenvalue weighted by Gasteiger charge is -2.01. The maximum absolute atomic E-state index is 11.6. The molecule has 0 saturated heterocycles. The van der Waals surface area contributed by atoms with Crippen LogP contribution >= 0.6 is 0 Å². The summed E-state index contributed by atoms with van der Waals surface area (Å²) in [6.45, 7) is 2.38. The highest BCUT2D eigenvalue weighted by Gasteiger charge is 2.07. The summed E-state index contributed by atoms with van der Waals surface area (Å²) in [5, 5.41) is 2.40. The van der Waals surface area contributed by atoms with Crippen LogP contribution in [0, 0.1) is 0 Å². The van der Waals surface area contributed by atoms with E-state index in [9.17, 15) is 14.4 Å². The molecule has 1 aromatic rings. The van der Waals surface area contributed by atoms with E-state index in [-0.39, 0.29) is 12.3 Å². The second kappa shape index (κ2) is 6.98. The highest BCUT2D eigenvalue weighted by molar-refractivity contribution is 5.78. The average molecular weight is 255 g/mol. The van der Waals surface area contributed by atoms with Gasteiger partial charge in [-0.05, 0) is 6.42 Å². The van der Waals surface area contributed by atoms with Crippen molar-refractivity contribution in [3.8, 4) is 0 Å². The lowest BCUT2D eigenvalue weighted by atomic mass is 10.1. The molecule has 18 heavy (non-hydrogen) atoms. The molecule has 6 nitrogen and oxygen atoms in total. The summed E-state index contributed by atoms with van der Waals surface area (Å²) in [6, 6.07) is 0. The fourth-order valence-corrected chi connectivity index (χ4v) is 1.77. The minimum absolute atomic E-state index is 0.141. The number of carbonyl (C=O) groups is 1. The highest BCUT2D eigenvalue weighted by Crippen LogP contribution is 2.04. The maximum Gasteiger partial charge on any atom is 0.346 e. The fourth-order valence-electron chi connectivity index (χ4n) is 1.77. The fraction of sp³-hybridized carbons (Fsp3) is 0.750. The highest BCUT2D eigenvalue weighted by atomic mass is 16.2. The van der Waals surface area contributed by atoms with Gasteiger partial charge >= 0.3 is 11.4 Å². The van der Waals surface area contributed by atoms with E-state index in [1.54, 1.807) is 0 Å². The van der Waals surface area contributed by atoms with Crippen LogP contribution in [0.5, 0.6) is 0 Å². The molecule has 0 aliphatic rings. The summed E-state index contributed by atoms with van der Waals surface area (Å²) in [5.74, 6) is 0.141. The Hall–Kier alpha value is -1.59. The minimum atomic E-state index is -0.449. The van der Waals surface area contributed by atoms with Gasteiger partial charge in [-0.25, -0.2) is 23.9 Å². The third-order valence-electron chi connectivity index (χ3n) is 2.98. The zero-order chi connectivity index (χ0) is 13.5. The van der Waals surface area contributed by atoms with Crippen molar-refractivity contribution in [2.75, 3.05) is 0 Å². The van der Waals surface area contributed by atoms with Crippen LogP contribution in [0.2, 0.25) is 0 Å². The molecule has 0 aromatic carbocycles. The van der Waals surface area contributed by atoms with E-state index in [4.69, 9.17) is 0 Å². The van der Waals surface area contributed by atoms with Gasteiger partial charge in [0.05, 0.1) is 6.54 Å². The lowest BCUT2D eigenvalue weighted by Crippen LogP contribution is -2.26. The van der Waals surface area contributed by atoms with E-state index >= 15 is 0 Å². The van der Waals surface area contributed by atoms with Crippen molar-refractivity contribution in [3.05, 3.63) is 21.0 Å². The van der Waals surface area contributed by atoms with Gasteiger partial charge in [0, 0.05) is 19.9 Å². The Bertz CT molecular complexity index is 495. The van der Waals surface area contributed by atoms with Crippen molar-refractivity contribution in [2.24, 2.45) is 7.05 Å². The Morgan fingerprint density at radius 2 is 1.89 bits per heavy atom. The Labute approximate surface area is 106 Å². The third-order valence-corrected chi connectivity index (χ3v) is 2.98. The Balaban J connectivity index is 2.36. The van der Waals surface area contributed by atoms with Gasteiger partial charge in [0.15, 0.2) is 0 Å². The van der Waals surface area contributed by atoms with Gasteiger partial charge in [-0.2, -0.15) is 0 Å². The predicted molar refractivity (Wildman–Crippen MR) is 68.7 cm³/mol. The number of aromatic amines is 1. The number of Topliss-reactive ketones (excluding diaryl/α,β-unsaturated/α-hetero) is 1. The van der Waals surface area contributed by atoms with Gasteiger partial charge in [0.2, 0.25) is 0 Å². The van der Waals surface area contributed by atoms with Gasteiger partial charge < -0.3 is 0 Å². The summed E-state index contributed by atoms with van der Waals surface area (Å²) in [5.41, 5.74) is -0.853. The van der Waals surface area contributed by atoms with Crippen molar-refractivity contribution in [1.82, 2.24) is 14.3 Å². The second-order valence-electron chi connectivity index (χ2n) is 4.51. The molecular formula is C12H21N3O3. The molecule has 1 rings (SSSR count). The molecule has 0 saturated carbocycles. The normalized spacial score (nSPS) is 10.8. The topological polar surface area (TPSA) is 76.9 Å². The van der Waals surface area contributed by atoms with Crippen LogP contribution in [0.4, 0.5) is 0 Å². The number of ketones is 1. The Morgan fingerprint density at radius 3 is 2.44 bits per heavy atom. The number of carbonyl (C=O) groups excluding carboxylic acids is 1. The first-order valence-electron chi connectivity index (χ1n) is 6.43. The number of unbranched alkanes of at least 4 members (excludes halogenated alkanes) is 3. The van der Waals surface area contributed by atoms with Crippen molar-refractivity contribution in [2.45, 2.75) is 52.0 Å². The lowest BCUT2D eigenvalue weighted by molar-refractivity contribution is -0.119. The number of aromatic nitrogens is 3. The van der Waals surface area contributed by atoms with E-state index in [0.717, 1.165) is 30.3 Å². The van der Waals surface area contributed by atoms with Crippen LogP contribution in [-0.2, 0) is 18.4 Å². The number of rotatable bonds is 8. The van der Waals surface area contributed by atoms with E-state index in [0.29, 0.717) is 12.8 Å². The van der Waals surface area contributed by atoms with Crippen molar-refractivity contribution in [1.29, 1.82) is 0 Å². The largest absolute Gasteiger partial charge is 0.346 e. The minimum Gasteiger partial charge on any atom is -0.300 e. The maximum atomic E-state index is 11.6. The summed E-state index contributed by atoms with van der Waals surface area (Å²) in [4.78, 5) is 34.2. The molecule has 0 unspecified atom stereocenters. The smallest absolute Gasteiger partial charge is 0.300 e. The van der Waals surface area contributed by atoms with Crippen LogP contribution in [0.3, 0.4) is 0 Å².